The van der Waals surface area contributed by atoms with Crippen molar-refractivity contribution in [2.75, 3.05) is 25.7 Å². The zero-order chi connectivity index (χ0) is 27.2. The number of para-hydroxylation sites is 2. The highest BCUT2D eigenvalue weighted by atomic mass is 32.2. The van der Waals surface area contributed by atoms with Crippen LogP contribution in [-0.4, -0.2) is 47.5 Å². The highest BCUT2D eigenvalue weighted by Gasteiger charge is 2.20. The van der Waals surface area contributed by atoms with Crippen LogP contribution in [0.1, 0.15) is 11.7 Å². The third-order valence-corrected chi connectivity index (χ3v) is 9.91. The highest BCUT2D eigenvalue weighted by Crippen LogP contribution is 2.32. The summed E-state index contributed by atoms with van der Waals surface area (Å²) >= 11 is 5.81. The molecule has 2 amide bonds. The number of nitrogens with one attached hydrogen (secondary N) is 2. The number of hydrogen-bond acceptors (Lipinski definition) is 10. The smallest absolute Gasteiger partial charge is 0.232 e. The van der Waals surface area contributed by atoms with E-state index in [2.05, 4.69) is 20.6 Å². The van der Waals surface area contributed by atoms with Gasteiger partial charge in [-0.15, -0.1) is 22.7 Å². The molecule has 0 aliphatic carbocycles. The lowest BCUT2D eigenvalue weighted by atomic mass is 10.1. The fraction of sp³-hybridized carbons (Fsp3) is 0.185. The molecule has 2 heterocycles. The van der Waals surface area contributed by atoms with Crippen LogP contribution in [-0.2, 0) is 9.59 Å². The van der Waals surface area contributed by atoms with E-state index in [1.165, 1.54) is 30.6 Å². The van der Waals surface area contributed by atoms with Gasteiger partial charge in [-0.05, 0) is 42.0 Å². The van der Waals surface area contributed by atoms with Gasteiger partial charge in [0.15, 0.2) is 20.2 Å². The van der Waals surface area contributed by atoms with Gasteiger partial charge in [-0.25, -0.2) is 9.97 Å². The lowest BCUT2D eigenvalue weighted by Gasteiger charge is -2.21. The second kappa shape index (κ2) is 12.7. The molecule has 0 aliphatic rings. The molecule has 200 valence electrons. The van der Waals surface area contributed by atoms with Gasteiger partial charge in [0.05, 0.1) is 46.2 Å². The molecule has 5 rings (SSSR count). The Morgan fingerprint density at radius 2 is 1.28 bits per heavy atom. The van der Waals surface area contributed by atoms with Crippen molar-refractivity contribution in [2.45, 2.75) is 14.8 Å². The summed E-state index contributed by atoms with van der Waals surface area (Å²) in [5.74, 6) is 0.878. The maximum absolute atomic E-state index is 13.0. The minimum absolute atomic E-state index is 0.153. The van der Waals surface area contributed by atoms with E-state index >= 15 is 0 Å². The largest absolute Gasteiger partial charge is 0.493 e. The van der Waals surface area contributed by atoms with E-state index in [9.17, 15) is 9.59 Å². The van der Waals surface area contributed by atoms with Gasteiger partial charge in [0.25, 0.3) is 0 Å². The summed E-state index contributed by atoms with van der Waals surface area (Å²) in [5.41, 5.74) is 2.47. The Morgan fingerprint density at radius 1 is 0.769 bits per heavy atom. The number of carbonyl (C=O) groups is 2. The zero-order valence-electron chi connectivity index (χ0n) is 21.0. The van der Waals surface area contributed by atoms with Crippen molar-refractivity contribution in [3.63, 3.8) is 0 Å². The van der Waals surface area contributed by atoms with Crippen molar-refractivity contribution in [3.8, 4) is 11.5 Å². The molecule has 0 radical (unpaired) electrons. The van der Waals surface area contributed by atoms with Crippen LogP contribution >= 0.6 is 46.2 Å². The Morgan fingerprint density at radius 3 is 1.77 bits per heavy atom. The number of nitrogens with zero attached hydrogens (tertiary/aromatic N) is 2. The molecule has 5 aromatic rings. The topological polar surface area (TPSA) is 102 Å². The minimum Gasteiger partial charge on any atom is -0.493 e. The number of benzene rings is 3. The molecule has 39 heavy (non-hydrogen) atoms. The molecule has 12 heteroatoms. The molecule has 0 atom stereocenters. The van der Waals surface area contributed by atoms with Crippen LogP contribution in [0.5, 0.6) is 11.5 Å². The molecule has 0 unspecified atom stereocenters. The summed E-state index contributed by atoms with van der Waals surface area (Å²) in [4.78, 5) is 35.1. The van der Waals surface area contributed by atoms with Gasteiger partial charge in [0.1, 0.15) is 6.17 Å². The number of amides is 2. The maximum Gasteiger partial charge on any atom is 0.232 e. The number of aromatic nitrogens is 2. The zero-order valence-corrected chi connectivity index (χ0v) is 24.3. The first-order valence-corrected chi connectivity index (χ1v) is 15.4. The summed E-state index contributed by atoms with van der Waals surface area (Å²) in [7, 11) is 3.09. The van der Waals surface area contributed by atoms with Crippen LogP contribution in [0.25, 0.3) is 20.4 Å². The van der Waals surface area contributed by atoms with Gasteiger partial charge in [-0.1, -0.05) is 53.9 Å². The van der Waals surface area contributed by atoms with E-state index in [4.69, 9.17) is 9.47 Å². The van der Waals surface area contributed by atoms with Crippen LogP contribution in [0, 0.1) is 0 Å². The quantitative estimate of drug-likeness (QED) is 0.147. The standard InChI is InChI=1S/C27H24N4O4S4/c1-34-19-12-11-16(13-20(19)35-2)25(30-23(32)14-36-26-28-17-7-3-5-9-21(17)38-26)31-24(33)15-37-27-29-18-8-4-6-10-22(18)39-27/h3-13,25H,14-15H2,1-2H3,(H,30,32)(H,31,33). The second-order valence-corrected chi connectivity index (χ2v) is 12.7. The molecule has 0 spiro atoms. The van der Waals surface area contributed by atoms with Crippen molar-refractivity contribution >= 4 is 78.4 Å². The van der Waals surface area contributed by atoms with E-state index in [0.29, 0.717) is 17.1 Å². The van der Waals surface area contributed by atoms with Gasteiger partial charge in [0.2, 0.25) is 11.8 Å². The second-order valence-electron chi connectivity index (χ2n) is 8.15. The van der Waals surface area contributed by atoms with Crippen LogP contribution in [0.15, 0.2) is 75.4 Å². The first-order chi connectivity index (χ1) is 19.0. The Balaban J connectivity index is 1.26. The average Bonchev–Trinajstić information content (AvgIpc) is 3.58. The number of carbonyl (C=O) groups excluding carboxylic acids is 2. The lowest BCUT2D eigenvalue weighted by molar-refractivity contribution is -0.121. The van der Waals surface area contributed by atoms with E-state index in [1.54, 1.807) is 48.0 Å². The van der Waals surface area contributed by atoms with Gasteiger partial charge in [-0.2, -0.15) is 0 Å². The molecule has 0 fully saturated rings. The van der Waals surface area contributed by atoms with E-state index in [-0.39, 0.29) is 23.3 Å². The molecule has 0 bridgehead atoms. The summed E-state index contributed by atoms with van der Waals surface area (Å²) < 4.78 is 14.5. The van der Waals surface area contributed by atoms with Gasteiger partial charge in [0, 0.05) is 0 Å². The fourth-order valence-corrected chi connectivity index (χ4v) is 7.48. The molecule has 2 N–H and O–H groups in total. The predicted molar refractivity (Wildman–Crippen MR) is 159 cm³/mol. The SMILES string of the molecule is COc1ccc(C(NC(=O)CSc2nc3ccccc3s2)NC(=O)CSc2nc3ccccc3s2)cc1OC. The Kier molecular flexibility index (Phi) is 8.87. The molecular weight excluding hydrogens is 573 g/mol. The summed E-state index contributed by atoms with van der Waals surface area (Å²) in [6.07, 6.45) is -0.767. The summed E-state index contributed by atoms with van der Waals surface area (Å²) in [5, 5.41) is 5.89. The molecule has 2 aromatic heterocycles. The number of fused-ring (bicyclic) bond motifs is 2. The minimum atomic E-state index is -0.767. The monoisotopic (exact) mass is 596 g/mol. The number of ether oxygens (including phenoxy) is 2. The number of methoxy groups -OCH3 is 2. The van der Waals surface area contributed by atoms with Gasteiger partial charge in [-0.3, -0.25) is 9.59 Å². The summed E-state index contributed by atoms with van der Waals surface area (Å²) in [6, 6.07) is 21.0. The van der Waals surface area contributed by atoms with Crippen molar-refractivity contribution < 1.29 is 19.1 Å². The van der Waals surface area contributed by atoms with E-state index in [0.717, 1.165) is 29.1 Å². The predicted octanol–water partition coefficient (Wildman–Crippen LogP) is 5.74. The molecular formula is C27H24N4O4S4. The number of thiazole rings is 2. The normalized spacial score (nSPS) is 11.2. The van der Waals surface area contributed by atoms with E-state index < -0.39 is 6.17 Å². The third kappa shape index (κ3) is 6.82. The Labute approximate surface area is 241 Å². The van der Waals surface area contributed by atoms with Crippen LogP contribution in [0.3, 0.4) is 0 Å². The molecule has 0 saturated carbocycles. The molecule has 0 saturated heterocycles. The first-order valence-electron chi connectivity index (χ1n) is 11.8. The molecule has 3 aromatic carbocycles. The first kappa shape index (κ1) is 27.3. The van der Waals surface area contributed by atoms with Crippen LogP contribution < -0.4 is 20.1 Å². The number of hydrogen-bond donors (Lipinski definition) is 2. The number of thioether (sulfide) groups is 2. The van der Waals surface area contributed by atoms with Gasteiger partial charge < -0.3 is 20.1 Å². The average molecular weight is 597 g/mol. The molecule has 8 nitrogen and oxygen atoms in total. The highest BCUT2D eigenvalue weighted by molar-refractivity contribution is 8.02. The van der Waals surface area contributed by atoms with Gasteiger partial charge >= 0.3 is 0 Å². The summed E-state index contributed by atoms with van der Waals surface area (Å²) in [6.45, 7) is 0. The Bertz CT molecular complexity index is 1460. The van der Waals surface area contributed by atoms with E-state index in [1.807, 2.05) is 48.5 Å². The van der Waals surface area contributed by atoms with Crippen molar-refractivity contribution in [3.05, 3.63) is 72.3 Å². The van der Waals surface area contributed by atoms with Crippen LogP contribution in [0.4, 0.5) is 0 Å². The Hall–Kier alpha value is -3.32. The number of rotatable bonds is 11. The fourth-order valence-electron chi connectivity index (χ4n) is 3.72. The lowest BCUT2D eigenvalue weighted by Crippen LogP contribution is -2.42. The van der Waals surface area contributed by atoms with Crippen molar-refractivity contribution in [1.82, 2.24) is 20.6 Å². The third-order valence-electron chi connectivity index (χ3n) is 5.55. The van der Waals surface area contributed by atoms with Crippen molar-refractivity contribution in [1.29, 1.82) is 0 Å². The molecule has 0 aliphatic heterocycles. The van der Waals surface area contributed by atoms with Crippen LogP contribution in [0.2, 0.25) is 0 Å². The maximum atomic E-state index is 13.0. The van der Waals surface area contributed by atoms with Crippen molar-refractivity contribution in [2.24, 2.45) is 0 Å².